The number of nitrogens with zero attached hydrogens (tertiary/aromatic N) is 1. The fraction of sp³-hybridized carbons (Fsp3) is 0.143. The van der Waals surface area contributed by atoms with Crippen molar-refractivity contribution < 1.29 is 9.90 Å². The minimum absolute atomic E-state index is 0.0816. The molecule has 0 saturated heterocycles. The average molecular weight is 242 g/mol. The van der Waals surface area contributed by atoms with E-state index in [1.54, 1.807) is 36.7 Å². The molecule has 0 aliphatic heterocycles. The zero-order valence-corrected chi connectivity index (χ0v) is 10.1. The second-order valence-corrected chi connectivity index (χ2v) is 4.10. The number of amides is 1. The number of aryl methyl sites for hydroxylation is 1. The van der Waals surface area contributed by atoms with Gasteiger partial charge in [0.25, 0.3) is 0 Å². The normalized spacial score (nSPS) is 10.1. The van der Waals surface area contributed by atoms with E-state index in [9.17, 15) is 9.90 Å². The summed E-state index contributed by atoms with van der Waals surface area (Å²) in [4.78, 5) is 15.7. The number of pyridine rings is 1. The molecule has 4 nitrogen and oxygen atoms in total. The number of carbonyl (C=O) groups is 1. The van der Waals surface area contributed by atoms with E-state index in [2.05, 4.69) is 10.3 Å². The first-order chi connectivity index (χ1) is 8.65. The van der Waals surface area contributed by atoms with Gasteiger partial charge >= 0.3 is 0 Å². The van der Waals surface area contributed by atoms with E-state index in [1.807, 2.05) is 13.0 Å². The molecule has 1 amide bonds. The number of anilines is 1. The van der Waals surface area contributed by atoms with Crippen LogP contribution in [0.15, 0.2) is 42.7 Å². The van der Waals surface area contributed by atoms with Crippen molar-refractivity contribution in [2.24, 2.45) is 0 Å². The molecule has 2 N–H and O–H groups in total. The van der Waals surface area contributed by atoms with Gasteiger partial charge in [-0.15, -0.1) is 0 Å². The first kappa shape index (κ1) is 12.1. The Morgan fingerprint density at radius 2 is 2.00 bits per heavy atom. The number of hydrogen-bond donors (Lipinski definition) is 2. The molecular formula is C14H14N2O2. The standard InChI is InChI=1S/C14H14N2O2/c1-10-2-3-12(13(17)8-10)16-14(18)9-11-4-6-15-7-5-11/h2-8,17H,9H2,1H3,(H,16,18). The highest BCUT2D eigenvalue weighted by atomic mass is 16.3. The van der Waals surface area contributed by atoms with E-state index in [4.69, 9.17) is 0 Å². The smallest absolute Gasteiger partial charge is 0.228 e. The largest absolute Gasteiger partial charge is 0.506 e. The van der Waals surface area contributed by atoms with E-state index < -0.39 is 0 Å². The summed E-state index contributed by atoms with van der Waals surface area (Å²) in [6.45, 7) is 1.88. The highest BCUT2D eigenvalue weighted by Crippen LogP contribution is 2.23. The predicted octanol–water partition coefficient (Wildman–Crippen LogP) is 2.28. The monoisotopic (exact) mass is 242 g/mol. The van der Waals surface area contributed by atoms with Gasteiger partial charge in [-0.05, 0) is 42.3 Å². The van der Waals surface area contributed by atoms with Crippen molar-refractivity contribution in [3.05, 3.63) is 53.9 Å². The predicted molar refractivity (Wildman–Crippen MR) is 69.4 cm³/mol. The van der Waals surface area contributed by atoms with Crippen LogP contribution in [0, 0.1) is 6.92 Å². The van der Waals surface area contributed by atoms with Gasteiger partial charge in [0.15, 0.2) is 0 Å². The number of benzene rings is 1. The summed E-state index contributed by atoms with van der Waals surface area (Å²) in [5, 5.41) is 12.4. The molecule has 0 atom stereocenters. The topological polar surface area (TPSA) is 62.2 Å². The van der Waals surface area contributed by atoms with Gasteiger partial charge < -0.3 is 10.4 Å². The molecule has 92 valence electrons. The maximum Gasteiger partial charge on any atom is 0.228 e. The molecular weight excluding hydrogens is 228 g/mol. The molecule has 2 rings (SSSR count). The summed E-state index contributed by atoms with van der Waals surface area (Å²) >= 11 is 0. The first-order valence-corrected chi connectivity index (χ1v) is 5.63. The lowest BCUT2D eigenvalue weighted by Gasteiger charge is -2.07. The zero-order chi connectivity index (χ0) is 13.0. The summed E-state index contributed by atoms with van der Waals surface area (Å²) < 4.78 is 0. The lowest BCUT2D eigenvalue weighted by molar-refractivity contribution is -0.115. The van der Waals surface area contributed by atoms with Gasteiger partial charge in [-0.25, -0.2) is 0 Å². The highest BCUT2D eigenvalue weighted by Gasteiger charge is 2.07. The summed E-state index contributed by atoms with van der Waals surface area (Å²) in [6.07, 6.45) is 3.55. The van der Waals surface area contributed by atoms with Crippen LogP contribution in [0.2, 0.25) is 0 Å². The van der Waals surface area contributed by atoms with Crippen LogP contribution in [-0.4, -0.2) is 16.0 Å². The Hall–Kier alpha value is -2.36. The molecule has 1 aromatic heterocycles. The van der Waals surface area contributed by atoms with Crippen LogP contribution < -0.4 is 5.32 Å². The van der Waals surface area contributed by atoms with Gasteiger partial charge in [0, 0.05) is 12.4 Å². The average Bonchev–Trinajstić information content (AvgIpc) is 2.34. The van der Waals surface area contributed by atoms with Crippen LogP contribution in [0.3, 0.4) is 0 Å². The van der Waals surface area contributed by atoms with Gasteiger partial charge in [0.1, 0.15) is 5.75 Å². The minimum atomic E-state index is -0.166. The Kier molecular flexibility index (Phi) is 3.57. The lowest BCUT2D eigenvalue weighted by Crippen LogP contribution is -2.14. The molecule has 0 radical (unpaired) electrons. The molecule has 0 unspecified atom stereocenters. The Morgan fingerprint density at radius 3 is 2.67 bits per heavy atom. The quantitative estimate of drug-likeness (QED) is 0.812. The molecule has 0 bridgehead atoms. The molecule has 0 aliphatic rings. The maximum absolute atomic E-state index is 11.8. The van der Waals surface area contributed by atoms with Crippen molar-refractivity contribution in [1.29, 1.82) is 0 Å². The fourth-order valence-electron chi connectivity index (χ4n) is 1.63. The van der Waals surface area contributed by atoms with Crippen LogP contribution in [0.4, 0.5) is 5.69 Å². The fourth-order valence-corrected chi connectivity index (χ4v) is 1.63. The second kappa shape index (κ2) is 5.31. The van der Waals surface area contributed by atoms with E-state index in [0.717, 1.165) is 11.1 Å². The van der Waals surface area contributed by atoms with Crippen molar-refractivity contribution in [3.63, 3.8) is 0 Å². The lowest BCUT2D eigenvalue weighted by atomic mass is 10.1. The van der Waals surface area contributed by atoms with E-state index >= 15 is 0 Å². The van der Waals surface area contributed by atoms with Crippen LogP contribution in [0.25, 0.3) is 0 Å². The summed E-state index contributed by atoms with van der Waals surface area (Å²) in [6, 6.07) is 8.71. The van der Waals surface area contributed by atoms with Gasteiger partial charge in [-0.3, -0.25) is 9.78 Å². The minimum Gasteiger partial charge on any atom is -0.506 e. The van der Waals surface area contributed by atoms with Gasteiger partial charge in [0.05, 0.1) is 12.1 Å². The Labute approximate surface area is 105 Å². The molecule has 1 aromatic carbocycles. The van der Waals surface area contributed by atoms with Crippen LogP contribution in [0.5, 0.6) is 5.75 Å². The number of phenols is 1. The maximum atomic E-state index is 11.8. The molecule has 0 aliphatic carbocycles. The van der Waals surface area contributed by atoms with E-state index in [-0.39, 0.29) is 18.1 Å². The van der Waals surface area contributed by atoms with Crippen LogP contribution in [-0.2, 0) is 11.2 Å². The zero-order valence-electron chi connectivity index (χ0n) is 10.1. The number of rotatable bonds is 3. The summed E-state index contributed by atoms with van der Waals surface area (Å²) in [5.41, 5.74) is 2.26. The van der Waals surface area contributed by atoms with Crippen molar-refractivity contribution in [2.75, 3.05) is 5.32 Å². The SMILES string of the molecule is Cc1ccc(NC(=O)Cc2ccncc2)c(O)c1. The van der Waals surface area contributed by atoms with Crippen molar-refractivity contribution in [1.82, 2.24) is 4.98 Å². The molecule has 1 heterocycles. The van der Waals surface area contributed by atoms with Crippen LogP contribution >= 0.6 is 0 Å². The Bertz CT molecular complexity index is 553. The number of hydrogen-bond acceptors (Lipinski definition) is 3. The van der Waals surface area contributed by atoms with Crippen LogP contribution in [0.1, 0.15) is 11.1 Å². The number of nitrogens with one attached hydrogen (secondary N) is 1. The van der Waals surface area contributed by atoms with Gasteiger partial charge in [-0.1, -0.05) is 6.07 Å². The van der Waals surface area contributed by atoms with Gasteiger partial charge in [-0.2, -0.15) is 0 Å². The van der Waals surface area contributed by atoms with E-state index in [0.29, 0.717) is 5.69 Å². The number of carbonyl (C=O) groups excluding carboxylic acids is 1. The molecule has 0 saturated carbocycles. The third kappa shape index (κ3) is 3.07. The Morgan fingerprint density at radius 1 is 1.28 bits per heavy atom. The van der Waals surface area contributed by atoms with Gasteiger partial charge in [0.2, 0.25) is 5.91 Å². The third-order valence-corrected chi connectivity index (χ3v) is 2.54. The van der Waals surface area contributed by atoms with Crippen molar-refractivity contribution >= 4 is 11.6 Å². The van der Waals surface area contributed by atoms with E-state index in [1.165, 1.54) is 0 Å². The molecule has 0 spiro atoms. The molecule has 2 aromatic rings. The molecule has 0 fully saturated rings. The highest BCUT2D eigenvalue weighted by molar-refractivity contribution is 5.93. The molecule has 18 heavy (non-hydrogen) atoms. The number of aromatic nitrogens is 1. The second-order valence-electron chi connectivity index (χ2n) is 4.10. The van der Waals surface area contributed by atoms with Crippen molar-refractivity contribution in [3.8, 4) is 5.75 Å². The summed E-state index contributed by atoms with van der Waals surface area (Å²) in [5.74, 6) is -0.0848. The van der Waals surface area contributed by atoms with Crippen molar-refractivity contribution in [2.45, 2.75) is 13.3 Å². The number of aromatic hydroxyl groups is 1. The number of phenolic OH excluding ortho intramolecular Hbond substituents is 1. The first-order valence-electron chi connectivity index (χ1n) is 5.63. The summed E-state index contributed by atoms with van der Waals surface area (Å²) in [7, 11) is 0. The third-order valence-electron chi connectivity index (χ3n) is 2.54. The molecule has 4 heteroatoms. The Balaban J connectivity index is 2.03.